The van der Waals surface area contributed by atoms with E-state index >= 15 is 0 Å². The SMILES string of the molecule is CCS[C@H]1O[C@H](COCCCCCCOC(c2ccccc2)(c2ccccc2)c2ccccc2)[C@H](OCc2ccccc2)[C@H](OCc2ccccc2)[C@H]1OCc1ccccc1. The van der Waals surface area contributed by atoms with E-state index in [1.165, 1.54) is 0 Å². The van der Waals surface area contributed by atoms with Crippen LogP contribution in [0.2, 0.25) is 0 Å². The third kappa shape index (κ3) is 12.5. The Morgan fingerprint density at radius 2 is 0.852 bits per heavy atom. The smallest absolute Gasteiger partial charge is 0.143 e. The van der Waals surface area contributed by atoms with Crippen LogP contribution >= 0.6 is 11.8 Å². The van der Waals surface area contributed by atoms with Crippen molar-refractivity contribution in [2.45, 2.75) is 87.9 Å². The van der Waals surface area contributed by atoms with Crippen molar-refractivity contribution in [2.75, 3.05) is 25.6 Å². The first-order valence-electron chi connectivity index (χ1n) is 21.9. The van der Waals surface area contributed by atoms with Gasteiger partial charge in [0, 0.05) is 13.2 Å². The average molecular weight is 837 g/mol. The van der Waals surface area contributed by atoms with Gasteiger partial charge in [0.05, 0.1) is 26.4 Å². The van der Waals surface area contributed by atoms with Gasteiger partial charge < -0.3 is 28.4 Å². The molecule has 1 heterocycles. The molecule has 318 valence electrons. The van der Waals surface area contributed by atoms with Crippen LogP contribution in [0, 0.1) is 0 Å². The zero-order valence-electron chi connectivity index (χ0n) is 35.3. The van der Waals surface area contributed by atoms with Gasteiger partial charge >= 0.3 is 0 Å². The average Bonchev–Trinajstić information content (AvgIpc) is 3.33. The second kappa shape index (κ2) is 24.2. The van der Waals surface area contributed by atoms with E-state index in [1.54, 1.807) is 11.8 Å². The quantitative estimate of drug-likeness (QED) is 0.0444. The Kier molecular flexibility index (Phi) is 17.6. The summed E-state index contributed by atoms with van der Waals surface area (Å²) in [5.41, 5.74) is 5.71. The first-order valence-corrected chi connectivity index (χ1v) is 22.9. The van der Waals surface area contributed by atoms with E-state index in [-0.39, 0.29) is 17.6 Å². The first kappa shape index (κ1) is 44.5. The summed E-state index contributed by atoms with van der Waals surface area (Å²) in [5, 5.41) is 0. The van der Waals surface area contributed by atoms with Gasteiger partial charge in [0.15, 0.2) is 0 Å². The number of hydrogen-bond donors (Lipinski definition) is 0. The zero-order chi connectivity index (χ0) is 41.8. The molecule has 1 aliphatic rings. The molecule has 0 bridgehead atoms. The molecule has 0 spiro atoms. The van der Waals surface area contributed by atoms with E-state index in [9.17, 15) is 0 Å². The van der Waals surface area contributed by atoms with Crippen LogP contribution in [-0.4, -0.2) is 55.4 Å². The second-order valence-corrected chi connectivity index (χ2v) is 16.8. The summed E-state index contributed by atoms with van der Waals surface area (Å²) in [7, 11) is 0. The molecular weight excluding hydrogens is 777 g/mol. The van der Waals surface area contributed by atoms with Crippen molar-refractivity contribution in [2.24, 2.45) is 0 Å². The Balaban J connectivity index is 0.986. The molecule has 6 nitrogen and oxygen atoms in total. The molecule has 0 saturated carbocycles. The topological polar surface area (TPSA) is 55.4 Å². The zero-order valence-corrected chi connectivity index (χ0v) is 36.2. The summed E-state index contributed by atoms with van der Waals surface area (Å²) in [4.78, 5) is 0. The Morgan fingerprint density at radius 1 is 0.459 bits per heavy atom. The lowest BCUT2D eigenvalue weighted by Crippen LogP contribution is -2.60. The van der Waals surface area contributed by atoms with Gasteiger partial charge in [-0.2, -0.15) is 0 Å². The van der Waals surface area contributed by atoms with Gasteiger partial charge in [0.2, 0.25) is 0 Å². The molecule has 1 fully saturated rings. The summed E-state index contributed by atoms with van der Waals surface area (Å²) >= 11 is 1.74. The molecule has 0 unspecified atom stereocenters. The largest absolute Gasteiger partial charge is 0.379 e. The van der Waals surface area contributed by atoms with Crippen molar-refractivity contribution in [3.8, 4) is 0 Å². The fourth-order valence-corrected chi connectivity index (χ4v) is 9.00. The number of benzene rings is 6. The summed E-state index contributed by atoms with van der Waals surface area (Å²) < 4.78 is 40.8. The summed E-state index contributed by atoms with van der Waals surface area (Å²) in [5.74, 6) is 0.872. The molecule has 0 radical (unpaired) electrons. The Bertz CT molecular complexity index is 1960. The predicted octanol–water partition coefficient (Wildman–Crippen LogP) is 11.8. The molecule has 5 atom stereocenters. The molecular formula is C54H60O6S. The third-order valence-corrected chi connectivity index (χ3v) is 12.1. The van der Waals surface area contributed by atoms with E-state index in [2.05, 4.69) is 134 Å². The number of rotatable bonds is 24. The maximum Gasteiger partial charge on any atom is 0.143 e. The first-order chi connectivity index (χ1) is 30.2. The summed E-state index contributed by atoms with van der Waals surface area (Å²) in [6, 6.07) is 62.6. The van der Waals surface area contributed by atoms with Crippen LogP contribution in [0.4, 0.5) is 0 Å². The normalized spacial score (nSPS) is 19.1. The van der Waals surface area contributed by atoms with Crippen LogP contribution in [0.1, 0.15) is 66.0 Å². The molecule has 0 aliphatic carbocycles. The summed E-state index contributed by atoms with van der Waals surface area (Å²) in [6.07, 6.45) is 2.42. The Labute approximate surface area is 367 Å². The Hall–Kier alpha value is -4.57. The highest BCUT2D eigenvalue weighted by Gasteiger charge is 2.48. The van der Waals surface area contributed by atoms with Crippen LogP contribution in [-0.2, 0) is 53.8 Å². The van der Waals surface area contributed by atoms with Crippen LogP contribution in [0.3, 0.4) is 0 Å². The maximum atomic E-state index is 7.01. The van der Waals surface area contributed by atoms with Gasteiger partial charge in [-0.1, -0.05) is 202 Å². The molecule has 1 aliphatic heterocycles. The molecule has 1 saturated heterocycles. The molecule has 6 aromatic rings. The van der Waals surface area contributed by atoms with Crippen molar-refractivity contribution in [3.63, 3.8) is 0 Å². The van der Waals surface area contributed by atoms with Crippen LogP contribution in [0.5, 0.6) is 0 Å². The molecule has 0 aromatic heterocycles. The fraction of sp³-hybridized carbons (Fsp3) is 0.333. The van der Waals surface area contributed by atoms with Crippen molar-refractivity contribution in [1.82, 2.24) is 0 Å². The molecule has 7 heteroatoms. The van der Waals surface area contributed by atoms with Gasteiger partial charge in [0.25, 0.3) is 0 Å². The minimum atomic E-state index is -0.700. The van der Waals surface area contributed by atoms with Gasteiger partial charge in [-0.15, -0.1) is 11.8 Å². The van der Waals surface area contributed by atoms with E-state index in [4.69, 9.17) is 28.4 Å². The predicted molar refractivity (Wildman–Crippen MR) is 246 cm³/mol. The van der Waals surface area contributed by atoms with E-state index in [1.807, 2.05) is 54.6 Å². The van der Waals surface area contributed by atoms with E-state index < -0.39 is 17.8 Å². The van der Waals surface area contributed by atoms with Crippen LogP contribution < -0.4 is 0 Å². The van der Waals surface area contributed by atoms with E-state index in [0.717, 1.165) is 64.8 Å². The lowest BCUT2D eigenvalue weighted by molar-refractivity contribution is -0.254. The molecule has 7 rings (SSSR count). The number of thioether (sulfide) groups is 1. The highest BCUT2D eigenvalue weighted by atomic mass is 32.2. The standard InChI is InChI=1S/C54H60O6S/c1-2-61-53-52(58-41-45-29-15-7-16-30-45)51(57-40-44-27-13-6-14-28-44)50(56-39-43-25-11-5-12-26-43)49(60-53)42-55-37-23-3-4-24-38-59-54(46-31-17-8-18-32-46,47-33-19-9-20-34-47)48-35-21-10-22-36-48/h5-22,25-36,49-53H,2-4,23-24,37-42H2,1H3/t49-,50+,51+,52-,53-/m1/s1. The minimum Gasteiger partial charge on any atom is -0.379 e. The lowest BCUT2D eigenvalue weighted by Gasteiger charge is -2.46. The summed E-state index contributed by atoms with van der Waals surface area (Å²) in [6.45, 7) is 5.12. The van der Waals surface area contributed by atoms with Gasteiger partial charge in [0.1, 0.15) is 35.5 Å². The fourth-order valence-electron chi connectivity index (χ4n) is 8.03. The second-order valence-electron chi connectivity index (χ2n) is 15.4. The molecule has 0 N–H and O–H groups in total. The highest BCUT2D eigenvalue weighted by Crippen LogP contribution is 2.41. The van der Waals surface area contributed by atoms with Crippen LogP contribution in [0.25, 0.3) is 0 Å². The van der Waals surface area contributed by atoms with Crippen molar-refractivity contribution >= 4 is 11.8 Å². The lowest BCUT2D eigenvalue weighted by atomic mass is 9.80. The van der Waals surface area contributed by atoms with Gasteiger partial charge in [-0.05, 0) is 52.0 Å². The molecule has 61 heavy (non-hydrogen) atoms. The van der Waals surface area contributed by atoms with Crippen LogP contribution in [0.15, 0.2) is 182 Å². The Morgan fingerprint density at radius 3 is 1.30 bits per heavy atom. The molecule has 6 aromatic carbocycles. The monoisotopic (exact) mass is 836 g/mol. The van der Waals surface area contributed by atoms with Gasteiger partial charge in [-0.25, -0.2) is 0 Å². The number of ether oxygens (including phenoxy) is 6. The van der Waals surface area contributed by atoms with E-state index in [0.29, 0.717) is 39.6 Å². The molecule has 0 amide bonds. The van der Waals surface area contributed by atoms with Crippen molar-refractivity contribution in [1.29, 1.82) is 0 Å². The highest BCUT2D eigenvalue weighted by molar-refractivity contribution is 7.99. The minimum absolute atomic E-state index is 0.255. The third-order valence-electron chi connectivity index (χ3n) is 11.1. The number of hydrogen-bond acceptors (Lipinski definition) is 7. The maximum absolute atomic E-state index is 7.01. The number of unbranched alkanes of at least 4 members (excludes halogenated alkanes) is 3. The van der Waals surface area contributed by atoms with Crippen molar-refractivity contribution < 1.29 is 28.4 Å². The van der Waals surface area contributed by atoms with Crippen molar-refractivity contribution in [3.05, 3.63) is 215 Å². The van der Waals surface area contributed by atoms with Gasteiger partial charge in [-0.3, -0.25) is 0 Å².